The Hall–Kier alpha value is -4.38. The molecule has 0 spiro atoms. The molecule has 11 nitrogen and oxygen atoms in total. The van der Waals surface area contributed by atoms with Crippen molar-refractivity contribution in [2.45, 2.75) is 25.4 Å². The first-order valence-electron chi connectivity index (χ1n) is 11.6. The highest BCUT2D eigenvalue weighted by Gasteiger charge is 2.34. The first-order chi connectivity index (χ1) is 17.4. The number of fused-ring (bicyclic) bond motifs is 1. The first kappa shape index (κ1) is 22.1. The Morgan fingerprint density at radius 2 is 2.00 bits per heavy atom. The van der Waals surface area contributed by atoms with Gasteiger partial charge < -0.3 is 29.9 Å². The average Bonchev–Trinajstić information content (AvgIpc) is 3.53. The minimum atomic E-state index is -1.11. The van der Waals surface area contributed by atoms with Crippen molar-refractivity contribution in [3.8, 4) is 28.3 Å². The number of carbonyl (C=O) groups excluding carboxylic acids is 1. The van der Waals surface area contributed by atoms with Gasteiger partial charge in [-0.2, -0.15) is 10.1 Å². The van der Waals surface area contributed by atoms with E-state index >= 15 is 0 Å². The molecule has 1 unspecified atom stereocenters. The number of carbonyl (C=O) groups is 1. The number of imidazole rings is 1. The summed E-state index contributed by atoms with van der Waals surface area (Å²) in [6.07, 6.45) is 4.32. The molecule has 5 aromatic rings. The predicted octanol–water partition coefficient (Wildman–Crippen LogP) is 2.92. The summed E-state index contributed by atoms with van der Waals surface area (Å²) in [5, 5.41) is 4.42. The van der Waals surface area contributed by atoms with Gasteiger partial charge in [0.25, 0.3) is 6.01 Å². The molecule has 4 heterocycles. The lowest BCUT2D eigenvalue weighted by Gasteiger charge is -2.25. The van der Waals surface area contributed by atoms with Crippen molar-refractivity contribution < 1.29 is 18.7 Å². The van der Waals surface area contributed by atoms with Crippen molar-refractivity contribution >= 4 is 34.1 Å². The van der Waals surface area contributed by atoms with Crippen LogP contribution in [0.15, 0.2) is 47.1 Å². The number of anilines is 1. The highest BCUT2D eigenvalue weighted by molar-refractivity contribution is 5.92. The third kappa shape index (κ3) is 3.39. The van der Waals surface area contributed by atoms with E-state index in [4.69, 9.17) is 30.3 Å². The summed E-state index contributed by atoms with van der Waals surface area (Å²) in [4.78, 5) is 21.4. The lowest BCUT2D eigenvalue weighted by atomic mass is 10.0. The molecule has 0 bridgehead atoms. The van der Waals surface area contributed by atoms with Gasteiger partial charge in [-0.15, -0.1) is 0 Å². The van der Waals surface area contributed by atoms with E-state index in [0.717, 1.165) is 52.3 Å². The lowest BCUT2D eigenvalue weighted by molar-refractivity contribution is -0.128. The second-order valence-electron chi connectivity index (χ2n) is 9.11. The highest BCUT2D eigenvalue weighted by atomic mass is 16.5. The number of amides is 1. The smallest absolute Gasteiger partial charge is 0.292 e. The fourth-order valence-electron chi connectivity index (χ4n) is 4.71. The van der Waals surface area contributed by atoms with Gasteiger partial charge in [-0.1, -0.05) is 0 Å². The number of aryl methyl sites for hydroxylation is 1. The predicted molar refractivity (Wildman–Crippen MR) is 133 cm³/mol. The van der Waals surface area contributed by atoms with E-state index in [2.05, 4.69) is 14.6 Å². The third-order valence-electron chi connectivity index (χ3n) is 6.63. The maximum atomic E-state index is 12.2. The zero-order chi connectivity index (χ0) is 25.0. The molecule has 1 aliphatic heterocycles. The Morgan fingerprint density at radius 1 is 1.17 bits per heavy atom. The second kappa shape index (κ2) is 8.09. The van der Waals surface area contributed by atoms with E-state index in [1.54, 1.807) is 24.0 Å². The van der Waals surface area contributed by atoms with Crippen molar-refractivity contribution in [3.05, 3.63) is 42.7 Å². The van der Waals surface area contributed by atoms with Crippen LogP contribution < -0.4 is 16.2 Å². The zero-order valence-corrected chi connectivity index (χ0v) is 19.9. The molecule has 1 aliphatic rings. The van der Waals surface area contributed by atoms with Gasteiger partial charge in [-0.05, 0) is 49.2 Å². The Bertz CT molecular complexity index is 1630. The highest BCUT2D eigenvalue weighted by Crippen LogP contribution is 2.38. The maximum absolute atomic E-state index is 12.2. The molecule has 36 heavy (non-hydrogen) atoms. The van der Waals surface area contributed by atoms with E-state index in [9.17, 15) is 4.79 Å². The summed E-state index contributed by atoms with van der Waals surface area (Å²) < 4.78 is 20.5. The number of nitrogens with zero attached hydrogens (tertiary/aromatic N) is 5. The van der Waals surface area contributed by atoms with Crippen LogP contribution in [0.4, 0.5) is 6.01 Å². The van der Waals surface area contributed by atoms with E-state index in [0.29, 0.717) is 17.7 Å². The number of oxazole rings is 1. The molecule has 1 atom stereocenters. The Balaban J connectivity index is 1.48. The number of hydrogen-bond acceptors (Lipinski definition) is 8. The standard InChI is InChI=1S/C25H25N7O4/c1-25(13-34-2,23(26)33)32-12-16(11-28-32)15-9-18-21-20(10-15)35-7-3-6-31(21)22(29-18)14-4-5-19-17(8-14)30-24(27)36-19/h4-5,8-12H,3,6-7,13H2,1-2H3,(H2,26,33)(H2,27,30). The van der Waals surface area contributed by atoms with Gasteiger partial charge in [0.15, 0.2) is 11.1 Å². The Labute approximate surface area is 205 Å². The van der Waals surface area contributed by atoms with Gasteiger partial charge in [-0.3, -0.25) is 9.48 Å². The van der Waals surface area contributed by atoms with Crippen molar-refractivity contribution in [1.82, 2.24) is 24.3 Å². The molecule has 0 saturated heterocycles. The first-order valence-corrected chi connectivity index (χ1v) is 11.6. The third-order valence-corrected chi connectivity index (χ3v) is 6.63. The molecule has 1 amide bonds. The number of nitrogens with two attached hydrogens (primary N) is 2. The van der Waals surface area contributed by atoms with Crippen LogP contribution in [0.3, 0.4) is 0 Å². The SMILES string of the molecule is COCC(C)(C(N)=O)n1cc(-c2cc3c4c(c2)nc(-c2ccc5oc(N)nc5c2)n4CCCO3)cn1. The number of ether oxygens (including phenoxy) is 2. The van der Waals surface area contributed by atoms with E-state index < -0.39 is 11.4 Å². The van der Waals surface area contributed by atoms with Crippen LogP contribution in [0.25, 0.3) is 44.6 Å². The maximum Gasteiger partial charge on any atom is 0.292 e. The summed E-state index contributed by atoms with van der Waals surface area (Å²) in [6.45, 7) is 3.16. The van der Waals surface area contributed by atoms with Crippen molar-refractivity contribution in [3.63, 3.8) is 0 Å². The van der Waals surface area contributed by atoms with Crippen LogP contribution in [-0.4, -0.2) is 50.5 Å². The molecule has 3 aromatic heterocycles. The zero-order valence-electron chi connectivity index (χ0n) is 19.9. The molecule has 0 radical (unpaired) electrons. The number of primary amides is 1. The fourth-order valence-corrected chi connectivity index (χ4v) is 4.71. The van der Waals surface area contributed by atoms with Gasteiger partial charge in [0.05, 0.1) is 24.9 Å². The summed E-state index contributed by atoms with van der Waals surface area (Å²) in [5.74, 6) is 1.03. The normalized spacial score (nSPS) is 15.1. The largest absolute Gasteiger partial charge is 0.491 e. The van der Waals surface area contributed by atoms with Gasteiger partial charge >= 0.3 is 0 Å². The Morgan fingerprint density at radius 3 is 2.81 bits per heavy atom. The van der Waals surface area contributed by atoms with Crippen LogP contribution in [0.1, 0.15) is 13.3 Å². The molecule has 4 N–H and O–H groups in total. The molecule has 0 fully saturated rings. The molecule has 6 rings (SSSR count). The van der Waals surface area contributed by atoms with Crippen LogP contribution in [0.2, 0.25) is 0 Å². The molecule has 0 saturated carbocycles. The minimum absolute atomic E-state index is 0.103. The van der Waals surface area contributed by atoms with E-state index in [1.165, 1.54) is 7.11 Å². The van der Waals surface area contributed by atoms with Crippen molar-refractivity contribution in [2.24, 2.45) is 5.73 Å². The molecular formula is C25H25N7O4. The molecular weight excluding hydrogens is 462 g/mol. The second-order valence-corrected chi connectivity index (χ2v) is 9.11. The molecule has 0 aliphatic carbocycles. The van der Waals surface area contributed by atoms with Crippen LogP contribution in [-0.2, 0) is 21.6 Å². The van der Waals surface area contributed by atoms with Gasteiger partial charge in [-0.25, -0.2) is 4.98 Å². The summed E-state index contributed by atoms with van der Waals surface area (Å²) >= 11 is 0. The van der Waals surface area contributed by atoms with Gasteiger partial charge in [0, 0.05) is 31.0 Å². The van der Waals surface area contributed by atoms with Gasteiger partial charge in [0.1, 0.15) is 22.6 Å². The van der Waals surface area contributed by atoms with Crippen LogP contribution in [0.5, 0.6) is 5.75 Å². The van der Waals surface area contributed by atoms with Crippen molar-refractivity contribution in [2.75, 3.05) is 26.1 Å². The summed E-state index contributed by atoms with van der Waals surface area (Å²) in [7, 11) is 1.52. The van der Waals surface area contributed by atoms with E-state index in [-0.39, 0.29) is 12.6 Å². The quantitative estimate of drug-likeness (QED) is 0.371. The number of aromatic nitrogens is 5. The summed E-state index contributed by atoms with van der Waals surface area (Å²) in [5.41, 5.74) is 15.9. The number of nitrogen functional groups attached to an aromatic ring is 1. The van der Waals surface area contributed by atoms with Crippen molar-refractivity contribution in [1.29, 1.82) is 0 Å². The number of rotatable bonds is 6. The summed E-state index contributed by atoms with van der Waals surface area (Å²) in [6, 6.07) is 9.85. The van der Waals surface area contributed by atoms with Crippen LogP contribution >= 0.6 is 0 Å². The monoisotopic (exact) mass is 487 g/mol. The van der Waals surface area contributed by atoms with Gasteiger partial charge in [0.2, 0.25) is 5.91 Å². The molecule has 11 heteroatoms. The van der Waals surface area contributed by atoms with Crippen LogP contribution in [0, 0.1) is 0 Å². The lowest BCUT2D eigenvalue weighted by Crippen LogP contribution is -2.47. The Kier molecular flexibility index (Phi) is 4.97. The molecule has 184 valence electrons. The number of methoxy groups -OCH3 is 1. The minimum Gasteiger partial charge on any atom is -0.491 e. The number of benzene rings is 2. The average molecular weight is 488 g/mol. The molecule has 2 aromatic carbocycles. The topological polar surface area (TPSA) is 149 Å². The number of hydrogen-bond donors (Lipinski definition) is 2. The fraction of sp³-hybridized carbons (Fsp3) is 0.280. The van der Waals surface area contributed by atoms with E-state index in [1.807, 2.05) is 30.3 Å².